The summed E-state index contributed by atoms with van der Waals surface area (Å²) in [5, 5.41) is 9.00. The van der Waals surface area contributed by atoms with Crippen LogP contribution in [0.1, 0.15) is 23.4 Å². The average Bonchev–Trinajstić information content (AvgIpc) is 2.96. The number of aliphatic hydroxyl groups is 1. The average molecular weight is 242 g/mol. The third-order valence-electron chi connectivity index (χ3n) is 3.70. The predicted octanol–water partition coefficient (Wildman–Crippen LogP) is 2.11. The number of aromatic nitrogens is 2. The van der Waals surface area contributed by atoms with Crippen LogP contribution < -0.4 is 0 Å². The van der Waals surface area contributed by atoms with Crippen molar-refractivity contribution >= 4 is 0 Å². The van der Waals surface area contributed by atoms with Crippen LogP contribution in [0.2, 0.25) is 0 Å². The second-order valence-corrected chi connectivity index (χ2v) is 4.96. The van der Waals surface area contributed by atoms with Crippen molar-refractivity contribution in [1.82, 2.24) is 9.55 Å². The lowest BCUT2D eigenvalue weighted by atomic mass is 10.0. The highest BCUT2D eigenvalue weighted by molar-refractivity contribution is 5.61. The quantitative estimate of drug-likeness (QED) is 0.895. The first kappa shape index (κ1) is 11.5. The molecule has 0 saturated heterocycles. The van der Waals surface area contributed by atoms with Gasteiger partial charge in [0.15, 0.2) is 0 Å². The molecule has 1 aliphatic rings. The van der Waals surface area contributed by atoms with Gasteiger partial charge in [-0.2, -0.15) is 0 Å². The molecule has 0 spiro atoms. The van der Waals surface area contributed by atoms with Crippen LogP contribution in [-0.4, -0.2) is 21.3 Å². The zero-order chi connectivity index (χ0) is 12.5. The van der Waals surface area contributed by atoms with E-state index in [0.29, 0.717) is 6.42 Å². The molecule has 0 atom stereocenters. The Labute approximate surface area is 107 Å². The van der Waals surface area contributed by atoms with Gasteiger partial charge in [0.2, 0.25) is 0 Å². The van der Waals surface area contributed by atoms with E-state index in [-0.39, 0.29) is 6.61 Å². The molecule has 0 fully saturated rings. The van der Waals surface area contributed by atoms with Gasteiger partial charge in [0.25, 0.3) is 0 Å². The van der Waals surface area contributed by atoms with Crippen LogP contribution in [0, 0.1) is 0 Å². The summed E-state index contributed by atoms with van der Waals surface area (Å²) in [6.45, 7) is 0.147. The van der Waals surface area contributed by atoms with Gasteiger partial charge in [0.05, 0.1) is 12.3 Å². The lowest BCUT2D eigenvalue weighted by Crippen LogP contribution is -1.99. The number of fused-ring (bicyclic) bond motifs is 1. The molecule has 18 heavy (non-hydrogen) atoms. The first-order valence-corrected chi connectivity index (χ1v) is 6.53. The molecule has 1 N–H and O–H groups in total. The lowest BCUT2D eigenvalue weighted by molar-refractivity contribution is 0.295. The molecule has 3 heteroatoms. The number of rotatable bonds is 3. The Morgan fingerprint density at radius 1 is 1.28 bits per heavy atom. The van der Waals surface area contributed by atoms with Crippen LogP contribution in [0.15, 0.2) is 24.4 Å². The molecule has 0 aliphatic heterocycles. The van der Waals surface area contributed by atoms with Crippen molar-refractivity contribution in [3.8, 4) is 11.3 Å². The standard InChI is InChI=1S/C15H18N2O/c1-17-10-14(16-15(17)7-8-18)13-6-5-11-3-2-4-12(11)9-13/h5-6,9-10,18H,2-4,7-8H2,1H3. The Hall–Kier alpha value is -1.61. The molecule has 1 aromatic carbocycles. The Morgan fingerprint density at radius 2 is 2.11 bits per heavy atom. The molecule has 0 bridgehead atoms. The van der Waals surface area contributed by atoms with Crippen LogP contribution in [0.3, 0.4) is 0 Å². The van der Waals surface area contributed by atoms with E-state index in [0.717, 1.165) is 11.5 Å². The van der Waals surface area contributed by atoms with Gasteiger partial charge < -0.3 is 9.67 Å². The zero-order valence-electron chi connectivity index (χ0n) is 10.7. The van der Waals surface area contributed by atoms with Gasteiger partial charge in [0.1, 0.15) is 5.82 Å². The third-order valence-corrected chi connectivity index (χ3v) is 3.70. The van der Waals surface area contributed by atoms with Crippen molar-refractivity contribution < 1.29 is 5.11 Å². The minimum Gasteiger partial charge on any atom is -0.396 e. The highest BCUT2D eigenvalue weighted by atomic mass is 16.3. The van der Waals surface area contributed by atoms with Crippen LogP contribution in [0.5, 0.6) is 0 Å². The Balaban J connectivity index is 1.97. The van der Waals surface area contributed by atoms with Crippen molar-refractivity contribution in [3.63, 3.8) is 0 Å². The molecule has 0 radical (unpaired) electrons. The number of imidazole rings is 1. The maximum absolute atomic E-state index is 9.00. The van der Waals surface area contributed by atoms with E-state index >= 15 is 0 Å². The van der Waals surface area contributed by atoms with Crippen molar-refractivity contribution in [1.29, 1.82) is 0 Å². The number of nitrogens with zero attached hydrogens (tertiary/aromatic N) is 2. The molecule has 0 saturated carbocycles. The largest absolute Gasteiger partial charge is 0.396 e. The molecule has 1 heterocycles. The summed E-state index contributed by atoms with van der Waals surface area (Å²) in [7, 11) is 1.98. The van der Waals surface area contributed by atoms with E-state index in [1.165, 1.54) is 36.0 Å². The summed E-state index contributed by atoms with van der Waals surface area (Å²) in [5.41, 5.74) is 5.17. The molecule has 2 aromatic rings. The smallest absolute Gasteiger partial charge is 0.111 e. The monoisotopic (exact) mass is 242 g/mol. The summed E-state index contributed by atoms with van der Waals surface area (Å²) in [6.07, 6.45) is 6.34. The number of aryl methyl sites for hydroxylation is 3. The topological polar surface area (TPSA) is 38.0 Å². The number of benzene rings is 1. The zero-order valence-corrected chi connectivity index (χ0v) is 10.7. The second kappa shape index (κ2) is 4.58. The minimum atomic E-state index is 0.147. The summed E-state index contributed by atoms with van der Waals surface area (Å²) in [6, 6.07) is 6.67. The molecule has 0 amide bonds. The van der Waals surface area contributed by atoms with Gasteiger partial charge >= 0.3 is 0 Å². The van der Waals surface area contributed by atoms with E-state index in [9.17, 15) is 0 Å². The fourth-order valence-electron chi connectivity index (χ4n) is 2.71. The molecule has 1 aromatic heterocycles. The summed E-state index contributed by atoms with van der Waals surface area (Å²) in [5.74, 6) is 0.938. The molecule has 0 unspecified atom stereocenters. The van der Waals surface area contributed by atoms with Gasteiger partial charge in [0, 0.05) is 25.2 Å². The molecular formula is C15H18N2O. The summed E-state index contributed by atoms with van der Waals surface area (Å²) in [4.78, 5) is 4.60. The minimum absolute atomic E-state index is 0.147. The van der Waals surface area contributed by atoms with Crippen molar-refractivity contribution in [2.24, 2.45) is 7.05 Å². The second-order valence-electron chi connectivity index (χ2n) is 4.96. The molecule has 1 aliphatic carbocycles. The van der Waals surface area contributed by atoms with E-state index in [1.807, 2.05) is 17.8 Å². The maximum Gasteiger partial charge on any atom is 0.111 e. The van der Waals surface area contributed by atoms with Crippen molar-refractivity contribution in [3.05, 3.63) is 41.3 Å². The lowest BCUT2D eigenvalue weighted by Gasteiger charge is -2.01. The Bertz CT molecular complexity index is 572. The first-order chi connectivity index (χ1) is 8.78. The van der Waals surface area contributed by atoms with Crippen molar-refractivity contribution in [2.75, 3.05) is 6.61 Å². The van der Waals surface area contributed by atoms with Gasteiger partial charge in [-0.25, -0.2) is 4.98 Å². The van der Waals surface area contributed by atoms with Gasteiger partial charge in [-0.15, -0.1) is 0 Å². The SMILES string of the molecule is Cn1cc(-c2ccc3c(c2)CCC3)nc1CCO. The van der Waals surface area contributed by atoms with Crippen LogP contribution in [-0.2, 0) is 26.3 Å². The number of hydrogen-bond acceptors (Lipinski definition) is 2. The normalized spacial score (nSPS) is 13.9. The van der Waals surface area contributed by atoms with Gasteiger partial charge in [-0.3, -0.25) is 0 Å². The first-order valence-electron chi connectivity index (χ1n) is 6.53. The van der Waals surface area contributed by atoms with Crippen LogP contribution in [0.4, 0.5) is 0 Å². The van der Waals surface area contributed by atoms with E-state index < -0.39 is 0 Å². The van der Waals surface area contributed by atoms with Gasteiger partial charge in [-0.05, 0) is 36.5 Å². The number of aliphatic hydroxyl groups excluding tert-OH is 1. The van der Waals surface area contributed by atoms with Gasteiger partial charge in [-0.1, -0.05) is 12.1 Å². The van der Waals surface area contributed by atoms with Crippen LogP contribution in [0.25, 0.3) is 11.3 Å². The Morgan fingerprint density at radius 3 is 2.94 bits per heavy atom. The third kappa shape index (κ3) is 1.95. The highest BCUT2D eigenvalue weighted by Gasteiger charge is 2.13. The van der Waals surface area contributed by atoms with E-state index in [4.69, 9.17) is 5.11 Å². The maximum atomic E-state index is 9.00. The molecular weight excluding hydrogens is 224 g/mol. The number of hydrogen-bond donors (Lipinski definition) is 1. The fourth-order valence-corrected chi connectivity index (χ4v) is 2.71. The van der Waals surface area contributed by atoms with E-state index in [1.54, 1.807) is 0 Å². The van der Waals surface area contributed by atoms with Crippen LogP contribution >= 0.6 is 0 Å². The van der Waals surface area contributed by atoms with E-state index in [2.05, 4.69) is 23.2 Å². The summed E-state index contributed by atoms with van der Waals surface area (Å²) < 4.78 is 2.00. The predicted molar refractivity (Wildman–Crippen MR) is 71.5 cm³/mol. The Kier molecular flexibility index (Phi) is 2.92. The molecule has 3 rings (SSSR count). The highest BCUT2D eigenvalue weighted by Crippen LogP contribution is 2.27. The van der Waals surface area contributed by atoms with Crippen molar-refractivity contribution in [2.45, 2.75) is 25.7 Å². The fraction of sp³-hybridized carbons (Fsp3) is 0.400. The molecule has 3 nitrogen and oxygen atoms in total. The molecule has 94 valence electrons. The summed E-state index contributed by atoms with van der Waals surface area (Å²) >= 11 is 0.